The Morgan fingerprint density at radius 2 is 1.87 bits per heavy atom. The van der Waals surface area contributed by atoms with Gasteiger partial charge in [-0.3, -0.25) is 0 Å². The number of anilines is 1. The zero-order chi connectivity index (χ0) is 10.7. The summed E-state index contributed by atoms with van der Waals surface area (Å²) in [5.41, 5.74) is 13.7. The van der Waals surface area contributed by atoms with E-state index < -0.39 is 0 Å². The third-order valence-corrected chi connectivity index (χ3v) is 2.69. The lowest BCUT2D eigenvalue weighted by Crippen LogP contribution is -2.40. The van der Waals surface area contributed by atoms with Crippen LogP contribution in [0.5, 0.6) is 0 Å². The van der Waals surface area contributed by atoms with Crippen LogP contribution in [-0.4, -0.2) is 5.54 Å². The lowest BCUT2D eigenvalue weighted by atomic mass is 9.86. The Morgan fingerprint density at radius 1 is 1.13 bits per heavy atom. The molecule has 2 rings (SSSR count). The molecule has 0 aliphatic heterocycles. The van der Waals surface area contributed by atoms with E-state index in [9.17, 15) is 0 Å². The summed E-state index contributed by atoms with van der Waals surface area (Å²) in [6, 6.07) is 7.91. The van der Waals surface area contributed by atoms with Crippen LogP contribution < -0.4 is 11.5 Å². The number of nitrogens with two attached hydrogens (primary N) is 2. The van der Waals surface area contributed by atoms with Crippen LogP contribution in [0.2, 0.25) is 0 Å². The van der Waals surface area contributed by atoms with E-state index in [4.69, 9.17) is 11.5 Å². The summed E-state index contributed by atoms with van der Waals surface area (Å²) in [5, 5.41) is 0. The second-order valence-electron chi connectivity index (χ2n) is 4.14. The molecule has 0 saturated heterocycles. The van der Waals surface area contributed by atoms with Crippen molar-refractivity contribution in [3.63, 3.8) is 0 Å². The third-order valence-electron chi connectivity index (χ3n) is 2.69. The second kappa shape index (κ2) is 3.91. The van der Waals surface area contributed by atoms with Crippen molar-refractivity contribution in [2.75, 3.05) is 5.73 Å². The number of hydrogen-bond donors (Lipinski definition) is 2. The van der Waals surface area contributed by atoms with E-state index in [-0.39, 0.29) is 5.54 Å². The van der Waals surface area contributed by atoms with Crippen molar-refractivity contribution < 1.29 is 0 Å². The van der Waals surface area contributed by atoms with Gasteiger partial charge in [0, 0.05) is 11.2 Å². The summed E-state index contributed by atoms with van der Waals surface area (Å²) in [6.07, 6.45) is 9.98. The molecule has 0 heterocycles. The highest BCUT2D eigenvalue weighted by Crippen LogP contribution is 2.20. The van der Waals surface area contributed by atoms with Gasteiger partial charge in [0.05, 0.1) is 0 Å². The Labute approximate surface area is 90.3 Å². The van der Waals surface area contributed by atoms with Crippen LogP contribution in [0.15, 0.2) is 48.6 Å². The molecule has 0 radical (unpaired) electrons. The topological polar surface area (TPSA) is 52.0 Å². The molecule has 1 atom stereocenters. The SMILES string of the molecule is Nc1ccc(CC2(N)C=CC=CC2)cc1. The van der Waals surface area contributed by atoms with Gasteiger partial charge in [0.15, 0.2) is 0 Å². The van der Waals surface area contributed by atoms with E-state index in [0.29, 0.717) is 0 Å². The Balaban J connectivity index is 2.11. The molecule has 0 spiro atoms. The third kappa shape index (κ3) is 2.48. The fourth-order valence-corrected chi connectivity index (χ4v) is 1.83. The lowest BCUT2D eigenvalue weighted by molar-refractivity contribution is 0.528. The molecule has 1 aliphatic rings. The Kier molecular flexibility index (Phi) is 2.60. The zero-order valence-corrected chi connectivity index (χ0v) is 8.69. The smallest absolute Gasteiger partial charge is 0.0418 e. The predicted octanol–water partition coefficient (Wildman–Crippen LogP) is 2.02. The standard InChI is InChI=1S/C13H16N2/c14-12-6-4-11(5-7-12)10-13(15)8-2-1-3-9-13/h1-8H,9-10,14-15H2. The molecule has 1 aromatic rings. The number of hydrogen-bond acceptors (Lipinski definition) is 2. The minimum absolute atomic E-state index is 0.231. The first-order valence-corrected chi connectivity index (χ1v) is 5.16. The van der Waals surface area contributed by atoms with Crippen LogP contribution in [0.4, 0.5) is 5.69 Å². The molecule has 0 amide bonds. The molecule has 2 nitrogen and oxygen atoms in total. The molecule has 78 valence electrons. The van der Waals surface area contributed by atoms with Gasteiger partial charge in [-0.25, -0.2) is 0 Å². The highest BCUT2D eigenvalue weighted by molar-refractivity contribution is 5.40. The normalized spacial score (nSPS) is 24.3. The molecular weight excluding hydrogens is 184 g/mol. The van der Waals surface area contributed by atoms with Crippen molar-refractivity contribution in [1.82, 2.24) is 0 Å². The van der Waals surface area contributed by atoms with E-state index in [1.807, 2.05) is 36.4 Å². The van der Waals surface area contributed by atoms with Gasteiger partial charge >= 0.3 is 0 Å². The molecule has 0 saturated carbocycles. The van der Waals surface area contributed by atoms with Gasteiger partial charge in [-0.1, -0.05) is 36.4 Å². The molecular formula is C13H16N2. The van der Waals surface area contributed by atoms with E-state index in [0.717, 1.165) is 18.5 Å². The minimum atomic E-state index is -0.231. The van der Waals surface area contributed by atoms with E-state index >= 15 is 0 Å². The van der Waals surface area contributed by atoms with Crippen molar-refractivity contribution in [2.45, 2.75) is 18.4 Å². The van der Waals surface area contributed by atoms with Crippen molar-refractivity contribution in [3.8, 4) is 0 Å². The number of nitrogen functional groups attached to an aromatic ring is 1. The number of allylic oxidation sites excluding steroid dienone is 2. The number of rotatable bonds is 2. The fraction of sp³-hybridized carbons (Fsp3) is 0.231. The van der Waals surface area contributed by atoms with Gasteiger partial charge < -0.3 is 11.5 Å². The molecule has 2 heteroatoms. The average Bonchev–Trinajstić information content (AvgIpc) is 2.22. The quantitative estimate of drug-likeness (QED) is 0.718. The molecule has 0 aromatic heterocycles. The van der Waals surface area contributed by atoms with E-state index in [1.54, 1.807) is 0 Å². The summed E-state index contributed by atoms with van der Waals surface area (Å²) in [6.45, 7) is 0. The number of benzene rings is 1. The summed E-state index contributed by atoms with van der Waals surface area (Å²) in [4.78, 5) is 0. The van der Waals surface area contributed by atoms with Crippen molar-refractivity contribution in [1.29, 1.82) is 0 Å². The molecule has 1 aromatic carbocycles. The van der Waals surface area contributed by atoms with Crippen LogP contribution in [0, 0.1) is 0 Å². The maximum absolute atomic E-state index is 6.26. The van der Waals surface area contributed by atoms with Gasteiger partial charge in [-0.15, -0.1) is 0 Å². The Morgan fingerprint density at radius 3 is 2.47 bits per heavy atom. The van der Waals surface area contributed by atoms with E-state index in [2.05, 4.69) is 12.2 Å². The van der Waals surface area contributed by atoms with Crippen LogP contribution in [-0.2, 0) is 6.42 Å². The predicted molar refractivity (Wildman–Crippen MR) is 64.4 cm³/mol. The highest BCUT2D eigenvalue weighted by Gasteiger charge is 2.21. The monoisotopic (exact) mass is 200 g/mol. The summed E-state index contributed by atoms with van der Waals surface area (Å²) in [5.74, 6) is 0. The van der Waals surface area contributed by atoms with Crippen LogP contribution in [0.3, 0.4) is 0 Å². The Bertz CT molecular complexity index is 390. The second-order valence-corrected chi connectivity index (χ2v) is 4.14. The lowest BCUT2D eigenvalue weighted by Gasteiger charge is -2.26. The van der Waals surface area contributed by atoms with Crippen molar-refractivity contribution in [2.24, 2.45) is 5.73 Å². The van der Waals surface area contributed by atoms with Crippen molar-refractivity contribution in [3.05, 3.63) is 54.1 Å². The molecule has 1 unspecified atom stereocenters. The van der Waals surface area contributed by atoms with Gasteiger partial charge in [0.1, 0.15) is 0 Å². The van der Waals surface area contributed by atoms with Gasteiger partial charge in [0.2, 0.25) is 0 Å². The molecule has 4 N–H and O–H groups in total. The van der Waals surface area contributed by atoms with Gasteiger partial charge in [-0.05, 0) is 30.5 Å². The van der Waals surface area contributed by atoms with Crippen LogP contribution in [0.25, 0.3) is 0 Å². The average molecular weight is 200 g/mol. The minimum Gasteiger partial charge on any atom is -0.399 e. The van der Waals surface area contributed by atoms with Crippen molar-refractivity contribution >= 4 is 5.69 Å². The molecule has 15 heavy (non-hydrogen) atoms. The molecule has 1 aliphatic carbocycles. The van der Waals surface area contributed by atoms with Crippen LogP contribution >= 0.6 is 0 Å². The highest BCUT2D eigenvalue weighted by atomic mass is 14.7. The first-order chi connectivity index (χ1) is 7.18. The largest absolute Gasteiger partial charge is 0.399 e. The summed E-state index contributed by atoms with van der Waals surface area (Å²) < 4.78 is 0. The molecule has 0 bridgehead atoms. The first-order valence-electron chi connectivity index (χ1n) is 5.16. The fourth-order valence-electron chi connectivity index (χ4n) is 1.83. The Hall–Kier alpha value is -1.54. The van der Waals surface area contributed by atoms with Crippen LogP contribution in [0.1, 0.15) is 12.0 Å². The molecule has 0 fully saturated rings. The maximum Gasteiger partial charge on any atom is 0.0418 e. The first kappa shape index (κ1) is 9.99. The zero-order valence-electron chi connectivity index (χ0n) is 8.69. The maximum atomic E-state index is 6.26. The summed E-state index contributed by atoms with van der Waals surface area (Å²) >= 11 is 0. The van der Waals surface area contributed by atoms with E-state index in [1.165, 1.54) is 5.56 Å². The van der Waals surface area contributed by atoms with Gasteiger partial charge in [0.25, 0.3) is 0 Å². The van der Waals surface area contributed by atoms with Gasteiger partial charge in [-0.2, -0.15) is 0 Å². The summed E-state index contributed by atoms with van der Waals surface area (Å²) in [7, 11) is 0.